The van der Waals surface area contributed by atoms with Gasteiger partial charge in [-0.3, -0.25) is 0 Å². The molecule has 1 heterocycles. The Hall–Kier alpha value is -1.72. The van der Waals surface area contributed by atoms with E-state index in [1.807, 2.05) is 12.1 Å². The number of benzene rings is 1. The minimum atomic E-state index is -0.495. The second-order valence-electron chi connectivity index (χ2n) is 3.13. The number of hydrogen-bond donors (Lipinski definition) is 1. The van der Waals surface area contributed by atoms with E-state index < -0.39 is 5.82 Å². The van der Waals surface area contributed by atoms with Crippen molar-refractivity contribution >= 4 is 12.4 Å². The van der Waals surface area contributed by atoms with E-state index in [-0.39, 0.29) is 18.4 Å². The topological polar surface area (TPSA) is 61.0 Å². The zero-order valence-corrected chi connectivity index (χ0v) is 9.65. The molecular formula is C11H11ClFN3O. The van der Waals surface area contributed by atoms with Crippen molar-refractivity contribution in [3.8, 4) is 11.8 Å². The van der Waals surface area contributed by atoms with E-state index in [1.165, 1.54) is 0 Å². The zero-order valence-electron chi connectivity index (χ0n) is 8.84. The monoisotopic (exact) mass is 255 g/mol. The Bertz CT molecular complexity index is 461. The molecule has 0 saturated carbocycles. The summed E-state index contributed by atoms with van der Waals surface area (Å²) in [5, 5.41) is 0. The standard InChI is InChI=1S/C11H10FN3O.ClH/c12-9-6-14-11(15-7-9)16-10-3-1-8(5-13)2-4-10;/h1-4,6-7H,5,13H2;1H. The average Bonchev–Trinajstić information content (AvgIpc) is 2.33. The second kappa shape index (κ2) is 6.12. The number of rotatable bonds is 3. The lowest BCUT2D eigenvalue weighted by atomic mass is 10.2. The van der Waals surface area contributed by atoms with E-state index in [4.69, 9.17) is 10.5 Å². The first-order valence-corrected chi connectivity index (χ1v) is 4.72. The molecule has 0 radical (unpaired) electrons. The SMILES string of the molecule is Cl.NCc1ccc(Oc2ncc(F)cn2)cc1. The van der Waals surface area contributed by atoms with Crippen LogP contribution >= 0.6 is 12.4 Å². The molecule has 0 aliphatic rings. The van der Waals surface area contributed by atoms with E-state index in [0.717, 1.165) is 18.0 Å². The molecular weight excluding hydrogens is 245 g/mol. The number of nitrogens with two attached hydrogens (primary N) is 1. The van der Waals surface area contributed by atoms with Gasteiger partial charge in [-0.05, 0) is 17.7 Å². The molecule has 1 aromatic heterocycles. The van der Waals surface area contributed by atoms with Gasteiger partial charge >= 0.3 is 6.01 Å². The first kappa shape index (κ1) is 13.3. The maximum Gasteiger partial charge on any atom is 0.322 e. The number of hydrogen-bond acceptors (Lipinski definition) is 4. The molecule has 0 spiro atoms. The van der Waals surface area contributed by atoms with E-state index in [1.54, 1.807) is 12.1 Å². The minimum absolute atomic E-state index is 0. The van der Waals surface area contributed by atoms with Crippen LogP contribution in [0.4, 0.5) is 4.39 Å². The minimum Gasteiger partial charge on any atom is -0.424 e. The Morgan fingerprint density at radius 1 is 1.12 bits per heavy atom. The molecule has 0 saturated heterocycles. The molecule has 2 N–H and O–H groups in total. The van der Waals surface area contributed by atoms with E-state index in [9.17, 15) is 4.39 Å². The van der Waals surface area contributed by atoms with Crippen molar-refractivity contribution < 1.29 is 9.13 Å². The molecule has 0 atom stereocenters. The highest BCUT2D eigenvalue weighted by molar-refractivity contribution is 5.85. The predicted octanol–water partition coefficient (Wildman–Crippen LogP) is 2.29. The van der Waals surface area contributed by atoms with Crippen LogP contribution in [-0.2, 0) is 6.54 Å². The number of nitrogens with zero attached hydrogens (tertiary/aromatic N) is 2. The van der Waals surface area contributed by atoms with Crippen LogP contribution in [0.2, 0.25) is 0 Å². The van der Waals surface area contributed by atoms with Gasteiger partial charge in [0.1, 0.15) is 5.75 Å². The molecule has 90 valence electrons. The van der Waals surface area contributed by atoms with Gasteiger partial charge in [0.15, 0.2) is 5.82 Å². The molecule has 0 aliphatic heterocycles. The van der Waals surface area contributed by atoms with Gasteiger partial charge in [0.2, 0.25) is 0 Å². The molecule has 2 rings (SSSR count). The molecule has 0 aliphatic carbocycles. The van der Waals surface area contributed by atoms with Crippen molar-refractivity contribution in [2.45, 2.75) is 6.54 Å². The van der Waals surface area contributed by atoms with Crippen molar-refractivity contribution in [3.63, 3.8) is 0 Å². The molecule has 0 amide bonds. The van der Waals surface area contributed by atoms with Crippen LogP contribution < -0.4 is 10.5 Å². The van der Waals surface area contributed by atoms with Gasteiger partial charge < -0.3 is 10.5 Å². The summed E-state index contributed by atoms with van der Waals surface area (Å²) < 4.78 is 17.8. The van der Waals surface area contributed by atoms with Crippen molar-refractivity contribution in [2.75, 3.05) is 0 Å². The van der Waals surface area contributed by atoms with Crippen molar-refractivity contribution in [2.24, 2.45) is 5.73 Å². The molecule has 6 heteroatoms. The summed E-state index contributed by atoms with van der Waals surface area (Å²) in [4.78, 5) is 7.37. The van der Waals surface area contributed by atoms with Crippen molar-refractivity contribution in [1.29, 1.82) is 0 Å². The fraction of sp³-hybridized carbons (Fsp3) is 0.0909. The summed E-state index contributed by atoms with van der Waals surface area (Å²) in [5.41, 5.74) is 6.47. The van der Waals surface area contributed by atoms with Gasteiger partial charge in [-0.1, -0.05) is 12.1 Å². The molecule has 2 aromatic rings. The van der Waals surface area contributed by atoms with E-state index in [2.05, 4.69) is 9.97 Å². The summed E-state index contributed by atoms with van der Waals surface area (Å²) in [5.74, 6) is 0.0923. The van der Waals surface area contributed by atoms with E-state index >= 15 is 0 Å². The van der Waals surface area contributed by atoms with E-state index in [0.29, 0.717) is 12.3 Å². The van der Waals surface area contributed by atoms with Crippen LogP contribution in [0, 0.1) is 5.82 Å². The van der Waals surface area contributed by atoms with Crippen molar-refractivity contribution in [1.82, 2.24) is 9.97 Å². The van der Waals surface area contributed by atoms with Crippen LogP contribution in [0.3, 0.4) is 0 Å². The lowest BCUT2D eigenvalue weighted by Gasteiger charge is -2.03. The summed E-state index contributed by atoms with van der Waals surface area (Å²) >= 11 is 0. The van der Waals surface area contributed by atoms with Gasteiger partial charge in [-0.25, -0.2) is 14.4 Å². The quantitative estimate of drug-likeness (QED) is 0.914. The van der Waals surface area contributed by atoms with Gasteiger partial charge in [-0.15, -0.1) is 12.4 Å². The number of ether oxygens (including phenoxy) is 1. The van der Waals surface area contributed by atoms with Crippen molar-refractivity contribution in [3.05, 3.63) is 48.0 Å². The Balaban J connectivity index is 0.00000144. The highest BCUT2D eigenvalue weighted by Crippen LogP contribution is 2.17. The summed E-state index contributed by atoms with van der Waals surface area (Å²) in [6.45, 7) is 0.479. The molecule has 1 aromatic carbocycles. The lowest BCUT2D eigenvalue weighted by molar-refractivity contribution is 0.436. The molecule has 0 fully saturated rings. The Morgan fingerprint density at radius 3 is 2.24 bits per heavy atom. The summed E-state index contributed by atoms with van der Waals surface area (Å²) in [7, 11) is 0. The number of aromatic nitrogens is 2. The maximum absolute atomic E-state index is 12.5. The molecule has 0 bridgehead atoms. The Morgan fingerprint density at radius 2 is 1.71 bits per heavy atom. The fourth-order valence-electron chi connectivity index (χ4n) is 1.15. The Kier molecular flexibility index (Phi) is 4.81. The fourth-order valence-corrected chi connectivity index (χ4v) is 1.15. The summed E-state index contributed by atoms with van der Waals surface area (Å²) in [6, 6.07) is 7.32. The highest BCUT2D eigenvalue weighted by atomic mass is 35.5. The number of halogens is 2. The smallest absolute Gasteiger partial charge is 0.322 e. The predicted molar refractivity (Wildman–Crippen MR) is 63.6 cm³/mol. The maximum atomic E-state index is 12.5. The largest absolute Gasteiger partial charge is 0.424 e. The van der Waals surface area contributed by atoms with Crippen LogP contribution in [0.25, 0.3) is 0 Å². The Labute approximate surface area is 104 Å². The van der Waals surface area contributed by atoms with Gasteiger partial charge in [0.25, 0.3) is 0 Å². The van der Waals surface area contributed by atoms with Crippen LogP contribution in [0.5, 0.6) is 11.8 Å². The normalized spacial score (nSPS) is 9.53. The first-order chi connectivity index (χ1) is 7.78. The molecule has 17 heavy (non-hydrogen) atoms. The second-order valence-corrected chi connectivity index (χ2v) is 3.13. The van der Waals surface area contributed by atoms with Gasteiger partial charge in [-0.2, -0.15) is 0 Å². The van der Waals surface area contributed by atoms with Crippen LogP contribution in [0.1, 0.15) is 5.56 Å². The van der Waals surface area contributed by atoms with Gasteiger partial charge in [0, 0.05) is 6.54 Å². The van der Waals surface area contributed by atoms with Crippen LogP contribution in [-0.4, -0.2) is 9.97 Å². The van der Waals surface area contributed by atoms with Gasteiger partial charge in [0.05, 0.1) is 12.4 Å². The third kappa shape index (κ3) is 3.65. The lowest BCUT2D eigenvalue weighted by Crippen LogP contribution is -1.96. The third-order valence-corrected chi connectivity index (χ3v) is 1.96. The average molecular weight is 256 g/mol. The molecule has 4 nitrogen and oxygen atoms in total. The summed E-state index contributed by atoms with van der Waals surface area (Å²) in [6.07, 6.45) is 2.10. The zero-order chi connectivity index (χ0) is 11.4. The van der Waals surface area contributed by atoms with Crippen LogP contribution in [0.15, 0.2) is 36.7 Å². The first-order valence-electron chi connectivity index (χ1n) is 4.72. The third-order valence-electron chi connectivity index (χ3n) is 1.96. The highest BCUT2D eigenvalue weighted by Gasteiger charge is 2.00. The molecule has 0 unspecified atom stereocenters.